The normalized spacial score (nSPS) is 10.6. The minimum absolute atomic E-state index is 0. The third-order valence-electron chi connectivity index (χ3n) is 4.02. The summed E-state index contributed by atoms with van der Waals surface area (Å²) >= 11 is 0. The third kappa shape index (κ3) is 2.45. The van der Waals surface area contributed by atoms with Crippen LogP contribution in [0.5, 0.6) is 0 Å². The standard InChI is InChI=1S/C20H15N.Ir/c1-14-9-10-17-12-15-6-2-3-7-16(15)13-18(17)20(14)19-8-4-5-11-21-19;/h2-13H,1H3;. The van der Waals surface area contributed by atoms with E-state index in [9.17, 15) is 0 Å². The van der Waals surface area contributed by atoms with Crippen LogP contribution in [0.1, 0.15) is 5.56 Å². The molecule has 109 valence electrons. The van der Waals surface area contributed by atoms with Crippen molar-refractivity contribution in [2.45, 2.75) is 6.92 Å². The van der Waals surface area contributed by atoms with Gasteiger partial charge in [-0.15, -0.1) is 0 Å². The Balaban J connectivity index is 0.00000144. The number of benzene rings is 3. The fourth-order valence-corrected chi connectivity index (χ4v) is 2.97. The smallest absolute Gasteiger partial charge is 0.0710 e. The maximum Gasteiger partial charge on any atom is 0.0710 e. The Labute approximate surface area is 143 Å². The van der Waals surface area contributed by atoms with Crippen molar-refractivity contribution in [2.75, 3.05) is 0 Å². The second-order valence-corrected chi connectivity index (χ2v) is 5.39. The zero-order valence-corrected chi connectivity index (χ0v) is 14.6. The van der Waals surface area contributed by atoms with Gasteiger partial charge in [0.05, 0.1) is 5.69 Å². The summed E-state index contributed by atoms with van der Waals surface area (Å²) in [5, 5.41) is 5.08. The minimum atomic E-state index is 0. The van der Waals surface area contributed by atoms with Crippen LogP contribution in [-0.4, -0.2) is 4.98 Å². The summed E-state index contributed by atoms with van der Waals surface area (Å²) in [6.07, 6.45) is 1.86. The first kappa shape index (κ1) is 14.9. The Kier molecular flexibility index (Phi) is 4.06. The summed E-state index contributed by atoms with van der Waals surface area (Å²) in [6, 6.07) is 23.5. The molecule has 0 unspecified atom stereocenters. The van der Waals surface area contributed by atoms with Crippen LogP contribution < -0.4 is 0 Å². The summed E-state index contributed by atoms with van der Waals surface area (Å²) in [4.78, 5) is 4.54. The van der Waals surface area contributed by atoms with E-state index in [4.69, 9.17) is 0 Å². The van der Waals surface area contributed by atoms with Gasteiger partial charge in [-0.2, -0.15) is 0 Å². The van der Waals surface area contributed by atoms with Crippen molar-refractivity contribution in [3.8, 4) is 11.3 Å². The molecule has 0 saturated heterocycles. The Bertz CT molecular complexity index is 946. The van der Waals surface area contributed by atoms with Crippen molar-refractivity contribution in [3.05, 3.63) is 78.5 Å². The molecular weight excluding hydrogens is 446 g/mol. The molecule has 0 aliphatic rings. The molecule has 0 aliphatic carbocycles. The average Bonchev–Trinajstić information content (AvgIpc) is 2.54. The number of pyridine rings is 1. The van der Waals surface area contributed by atoms with E-state index < -0.39 is 0 Å². The number of aryl methyl sites for hydroxylation is 1. The van der Waals surface area contributed by atoms with Crippen LogP contribution in [0.15, 0.2) is 72.9 Å². The summed E-state index contributed by atoms with van der Waals surface area (Å²) in [5.41, 5.74) is 3.53. The number of hydrogen-bond acceptors (Lipinski definition) is 1. The summed E-state index contributed by atoms with van der Waals surface area (Å²) in [7, 11) is 0. The summed E-state index contributed by atoms with van der Waals surface area (Å²) in [5.74, 6) is 0. The monoisotopic (exact) mass is 462 g/mol. The van der Waals surface area contributed by atoms with Crippen molar-refractivity contribution in [1.29, 1.82) is 0 Å². The number of rotatable bonds is 1. The molecule has 2 heteroatoms. The van der Waals surface area contributed by atoms with Gasteiger partial charge in [0.15, 0.2) is 0 Å². The number of nitrogens with zero attached hydrogens (tertiary/aromatic N) is 1. The van der Waals surface area contributed by atoms with Gasteiger partial charge in [0.1, 0.15) is 0 Å². The van der Waals surface area contributed by atoms with Crippen molar-refractivity contribution >= 4 is 21.5 Å². The molecule has 4 aromatic rings. The van der Waals surface area contributed by atoms with Gasteiger partial charge in [0.2, 0.25) is 0 Å². The van der Waals surface area contributed by atoms with Crippen LogP contribution in [0, 0.1) is 6.92 Å². The Morgan fingerprint density at radius 2 is 1.45 bits per heavy atom. The van der Waals surface area contributed by atoms with Crippen LogP contribution in [0.2, 0.25) is 0 Å². The van der Waals surface area contributed by atoms with E-state index in [0.29, 0.717) is 0 Å². The van der Waals surface area contributed by atoms with Gasteiger partial charge >= 0.3 is 0 Å². The fraction of sp³-hybridized carbons (Fsp3) is 0.0500. The van der Waals surface area contributed by atoms with Crippen molar-refractivity contribution in [2.24, 2.45) is 0 Å². The molecule has 0 saturated carbocycles. The summed E-state index contributed by atoms with van der Waals surface area (Å²) < 4.78 is 0. The molecule has 1 nitrogen and oxygen atoms in total. The number of aromatic nitrogens is 1. The molecule has 4 rings (SSSR count). The fourth-order valence-electron chi connectivity index (χ4n) is 2.97. The zero-order valence-electron chi connectivity index (χ0n) is 12.2. The first-order valence-electron chi connectivity index (χ1n) is 7.16. The van der Waals surface area contributed by atoms with Crippen LogP contribution in [0.4, 0.5) is 0 Å². The van der Waals surface area contributed by atoms with Gasteiger partial charge in [0, 0.05) is 31.9 Å². The maximum absolute atomic E-state index is 4.54. The molecule has 22 heavy (non-hydrogen) atoms. The first-order valence-corrected chi connectivity index (χ1v) is 7.16. The molecule has 0 atom stereocenters. The van der Waals surface area contributed by atoms with Gasteiger partial charge in [-0.25, -0.2) is 0 Å². The van der Waals surface area contributed by atoms with E-state index >= 15 is 0 Å². The van der Waals surface area contributed by atoms with E-state index in [1.165, 1.54) is 32.7 Å². The predicted octanol–water partition coefficient (Wildman–Crippen LogP) is 5.36. The van der Waals surface area contributed by atoms with Crippen LogP contribution >= 0.6 is 0 Å². The van der Waals surface area contributed by atoms with E-state index in [1.807, 2.05) is 18.3 Å². The molecule has 1 aromatic heterocycles. The van der Waals surface area contributed by atoms with Gasteiger partial charge in [-0.05, 0) is 58.3 Å². The van der Waals surface area contributed by atoms with E-state index in [2.05, 4.69) is 66.5 Å². The van der Waals surface area contributed by atoms with Gasteiger partial charge < -0.3 is 0 Å². The Morgan fingerprint density at radius 3 is 2.18 bits per heavy atom. The van der Waals surface area contributed by atoms with Crippen molar-refractivity contribution in [3.63, 3.8) is 0 Å². The number of fused-ring (bicyclic) bond motifs is 2. The van der Waals surface area contributed by atoms with Gasteiger partial charge in [-0.1, -0.05) is 42.5 Å². The maximum atomic E-state index is 4.54. The predicted molar refractivity (Wildman–Crippen MR) is 89.4 cm³/mol. The largest absolute Gasteiger partial charge is 0.256 e. The Hall–Kier alpha value is -2.02. The second kappa shape index (κ2) is 6.00. The average molecular weight is 462 g/mol. The summed E-state index contributed by atoms with van der Waals surface area (Å²) in [6.45, 7) is 2.15. The quantitative estimate of drug-likeness (QED) is 0.348. The van der Waals surface area contributed by atoms with Gasteiger partial charge in [-0.3, -0.25) is 4.98 Å². The van der Waals surface area contributed by atoms with Crippen molar-refractivity contribution < 1.29 is 20.1 Å². The van der Waals surface area contributed by atoms with E-state index in [1.54, 1.807) is 0 Å². The zero-order chi connectivity index (χ0) is 14.2. The molecule has 0 N–H and O–H groups in total. The second-order valence-electron chi connectivity index (χ2n) is 5.39. The molecule has 0 amide bonds. The SMILES string of the molecule is Cc1ccc2cc3ccccc3cc2c1-c1ccccn1.[Ir]. The van der Waals surface area contributed by atoms with Crippen LogP contribution in [0.3, 0.4) is 0 Å². The minimum Gasteiger partial charge on any atom is -0.256 e. The van der Waals surface area contributed by atoms with E-state index in [-0.39, 0.29) is 20.1 Å². The topological polar surface area (TPSA) is 12.9 Å². The number of hydrogen-bond donors (Lipinski definition) is 0. The van der Waals surface area contributed by atoms with Crippen LogP contribution in [0.25, 0.3) is 32.8 Å². The molecule has 0 aliphatic heterocycles. The van der Waals surface area contributed by atoms with Crippen molar-refractivity contribution in [1.82, 2.24) is 4.98 Å². The van der Waals surface area contributed by atoms with E-state index in [0.717, 1.165) is 5.69 Å². The molecule has 0 bridgehead atoms. The van der Waals surface area contributed by atoms with Crippen LogP contribution in [-0.2, 0) is 20.1 Å². The molecule has 0 fully saturated rings. The first-order chi connectivity index (χ1) is 10.3. The molecule has 3 aromatic carbocycles. The molecular formula is C20H15IrN. The molecule has 1 radical (unpaired) electrons. The molecule has 0 spiro atoms. The third-order valence-corrected chi connectivity index (χ3v) is 4.02. The Morgan fingerprint density at radius 1 is 0.727 bits per heavy atom. The molecule has 1 heterocycles. The van der Waals surface area contributed by atoms with Gasteiger partial charge in [0.25, 0.3) is 0 Å².